The normalized spacial score (nSPS) is 12.2. The summed E-state index contributed by atoms with van der Waals surface area (Å²) in [6.45, 7) is 6.79. The first-order valence-electron chi connectivity index (χ1n) is 12.0. The lowest BCUT2D eigenvalue weighted by atomic mass is 9.56. The van der Waals surface area contributed by atoms with Gasteiger partial charge < -0.3 is 0 Å². The van der Waals surface area contributed by atoms with Crippen molar-refractivity contribution in [2.75, 3.05) is 0 Å². The Morgan fingerprint density at radius 3 is 1.80 bits per heavy atom. The van der Waals surface area contributed by atoms with E-state index in [1.54, 1.807) is 0 Å². The summed E-state index contributed by atoms with van der Waals surface area (Å²) in [5, 5.41) is 8.81. The molecular weight excluding hydrogens is 362 g/mol. The lowest BCUT2D eigenvalue weighted by Gasteiger charge is -2.14. The summed E-state index contributed by atoms with van der Waals surface area (Å²) in [4.78, 5) is 0. The average Bonchev–Trinajstić information content (AvgIpc) is 2.78. The van der Waals surface area contributed by atoms with Crippen LogP contribution in [0.2, 0.25) is 12.1 Å². The van der Waals surface area contributed by atoms with Gasteiger partial charge in [-0.3, -0.25) is 0 Å². The van der Waals surface area contributed by atoms with Gasteiger partial charge in [0.2, 0.25) is 0 Å². The first kappa shape index (κ1) is 24.4. The van der Waals surface area contributed by atoms with Crippen LogP contribution < -0.4 is 10.9 Å². The highest BCUT2D eigenvalue weighted by molar-refractivity contribution is 6.55. The molecule has 0 saturated carbocycles. The standard InChI is InChI=1S/C26H38B2N2/c1-4-7-9-10-21-27-22-13-17-25(18-14-22)29-30-26-19-15-24(16-20-26)28-23(11-6-3)12-8-5-2/h13-20,23H,4-12,21H2,1-3H3. The molecule has 0 saturated heterocycles. The second-order valence-electron chi connectivity index (χ2n) is 8.29. The molecule has 1 unspecified atom stereocenters. The third-order valence-corrected chi connectivity index (χ3v) is 5.52. The molecule has 0 amide bonds. The molecule has 0 bridgehead atoms. The Morgan fingerprint density at radius 2 is 1.23 bits per heavy atom. The van der Waals surface area contributed by atoms with Crippen LogP contribution in [-0.2, 0) is 0 Å². The number of hydrogen-bond acceptors (Lipinski definition) is 2. The molecule has 0 aliphatic carbocycles. The van der Waals surface area contributed by atoms with E-state index in [0.29, 0.717) is 5.82 Å². The Labute approximate surface area is 186 Å². The summed E-state index contributed by atoms with van der Waals surface area (Å²) < 4.78 is 0. The van der Waals surface area contributed by atoms with Crippen LogP contribution in [0.4, 0.5) is 11.4 Å². The van der Waals surface area contributed by atoms with Crippen LogP contribution in [-0.4, -0.2) is 14.6 Å². The third kappa shape index (κ3) is 9.78. The van der Waals surface area contributed by atoms with Crippen molar-refractivity contribution in [1.29, 1.82) is 0 Å². The van der Waals surface area contributed by atoms with E-state index in [1.165, 1.54) is 68.7 Å². The van der Waals surface area contributed by atoms with Crippen molar-refractivity contribution in [3.63, 3.8) is 0 Å². The highest BCUT2D eigenvalue weighted by Crippen LogP contribution is 2.21. The minimum atomic E-state index is 0.685. The van der Waals surface area contributed by atoms with Gasteiger partial charge in [-0.05, 0) is 24.3 Å². The molecule has 4 heteroatoms. The van der Waals surface area contributed by atoms with Gasteiger partial charge in [-0.1, -0.05) is 126 Å². The van der Waals surface area contributed by atoms with Gasteiger partial charge in [-0.25, -0.2) is 0 Å². The zero-order chi connectivity index (χ0) is 21.4. The number of hydrogen-bond donors (Lipinski definition) is 0. The van der Waals surface area contributed by atoms with Crippen LogP contribution in [0.3, 0.4) is 0 Å². The number of rotatable bonds is 15. The molecule has 0 spiro atoms. The maximum absolute atomic E-state index is 4.41. The molecular formula is C26H38B2N2. The van der Waals surface area contributed by atoms with Gasteiger partial charge >= 0.3 is 0 Å². The summed E-state index contributed by atoms with van der Waals surface area (Å²) in [5.74, 6) is 0.685. The van der Waals surface area contributed by atoms with Crippen LogP contribution in [0, 0.1) is 0 Å². The predicted molar refractivity (Wildman–Crippen MR) is 135 cm³/mol. The average molecular weight is 400 g/mol. The molecule has 30 heavy (non-hydrogen) atoms. The molecule has 0 fully saturated rings. The maximum Gasteiger partial charge on any atom is 0.155 e. The third-order valence-electron chi connectivity index (χ3n) is 5.52. The molecule has 1 atom stereocenters. The van der Waals surface area contributed by atoms with Crippen molar-refractivity contribution < 1.29 is 0 Å². The van der Waals surface area contributed by atoms with Crippen molar-refractivity contribution in [3.05, 3.63) is 48.5 Å². The molecule has 0 heterocycles. The number of benzene rings is 2. The SMILES string of the molecule is CCCCCC[B]c1ccc(N=Nc2ccc([B]C(CCC)CCCC)cc2)cc1. The van der Waals surface area contributed by atoms with E-state index in [2.05, 4.69) is 82.0 Å². The van der Waals surface area contributed by atoms with Gasteiger partial charge in [0.1, 0.15) is 0 Å². The van der Waals surface area contributed by atoms with E-state index in [4.69, 9.17) is 0 Å². The van der Waals surface area contributed by atoms with Gasteiger partial charge in [0.25, 0.3) is 0 Å². The van der Waals surface area contributed by atoms with Crippen LogP contribution in [0.15, 0.2) is 58.8 Å². The second-order valence-corrected chi connectivity index (χ2v) is 8.29. The number of unbranched alkanes of at least 4 members (excludes halogenated alkanes) is 4. The molecule has 2 aromatic carbocycles. The predicted octanol–water partition coefficient (Wildman–Crippen LogP) is 7.54. The monoisotopic (exact) mass is 400 g/mol. The Morgan fingerprint density at radius 1 is 0.633 bits per heavy atom. The fraction of sp³-hybridized carbons (Fsp3) is 0.538. The van der Waals surface area contributed by atoms with E-state index in [0.717, 1.165) is 17.7 Å². The van der Waals surface area contributed by atoms with Gasteiger partial charge in [0, 0.05) is 0 Å². The highest BCUT2D eigenvalue weighted by Gasteiger charge is 2.10. The summed E-state index contributed by atoms with van der Waals surface area (Å²) >= 11 is 0. The quantitative estimate of drug-likeness (QED) is 0.168. The van der Waals surface area contributed by atoms with E-state index in [1.807, 2.05) is 12.1 Å². The van der Waals surface area contributed by atoms with Crippen molar-refractivity contribution in [1.82, 2.24) is 0 Å². The summed E-state index contributed by atoms with van der Waals surface area (Å²) in [6.07, 6.45) is 12.8. The lowest BCUT2D eigenvalue weighted by Crippen LogP contribution is -2.19. The van der Waals surface area contributed by atoms with E-state index in [-0.39, 0.29) is 0 Å². The molecule has 2 radical (unpaired) electrons. The van der Waals surface area contributed by atoms with Crippen molar-refractivity contribution in [2.45, 2.75) is 90.7 Å². The largest absolute Gasteiger partial charge is 0.155 e. The zero-order valence-corrected chi connectivity index (χ0v) is 19.3. The van der Waals surface area contributed by atoms with Crippen LogP contribution in [0.25, 0.3) is 0 Å². The summed E-state index contributed by atoms with van der Waals surface area (Å²) in [5.41, 5.74) is 4.37. The maximum atomic E-state index is 4.41. The number of nitrogens with zero attached hydrogens (tertiary/aromatic N) is 2. The van der Waals surface area contributed by atoms with Gasteiger partial charge in [-0.15, -0.1) is 0 Å². The Bertz CT molecular complexity index is 711. The molecule has 0 aliphatic heterocycles. The summed E-state index contributed by atoms with van der Waals surface area (Å²) in [6, 6.07) is 16.8. The van der Waals surface area contributed by atoms with Gasteiger partial charge in [-0.2, -0.15) is 10.2 Å². The van der Waals surface area contributed by atoms with Crippen molar-refractivity contribution in [3.8, 4) is 0 Å². The lowest BCUT2D eigenvalue weighted by molar-refractivity contribution is 0.620. The fourth-order valence-electron chi connectivity index (χ4n) is 3.70. The Hall–Kier alpha value is -1.83. The second kappa shape index (κ2) is 15.0. The molecule has 0 aliphatic rings. The Balaban J connectivity index is 1.82. The van der Waals surface area contributed by atoms with Crippen LogP contribution >= 0.6 is 0 Å². The minimum absolute atomic E-state index is 0.685. The van der Waals surface area contributed by atoms with Crippen LogP contribution in [0.5, 0.6) is 0 Å². The molecule has 0 aromatic heterocycles. The molecule has 2 aromatic rings. The first-order chi connectivity index (χ1) is 14.7. The summed E-state index contributed by atoms with van der Waals surface area (Å²) in [7, 11) is 4.75. The first-order valence-corrected chi connectivity index (χ1v) is 12.0. The minimum Gasteiger partial charge on any atom is -0.151 e. The van der Waals surface area contributed by atoms with Gasteiger partial charge in [0.05, 0.1) is 11.4 Å². The molecule has 2 rings (SSSR count). The topological polar surface area (TPSA) is 24.7 Å². The van der Waals surface area contributed by atoms with Gasteiger partial charge in [0.15, 0.2) is 14.6 Å². The van der Waals surface area contributed by atoms with E-state index < -0.39 is 0 Å². The van der Waals surface area contributed by atoms with Crippen LogP contribution in [0.1, 0.15) is 78.6 Å². The van der Waals surface area contributed by atoms with E-state index in [9.17, 15) is 0 Å². The van der Waals surface area contributed by atoms with E-state index >= 15 is 0 Å². The highest BCUT2D eigenvalue weighted by atomic mass is 15.1. The number of azo groups is 1. The molecule has 158 valence electrons. The zero-order valence-electron chi connectivity index (χ0n) is 19.3. The van der Waals surface area contributed by atoms with Crippen molar-refractivity contribution in [2.24, 2.45) is 10.2 Å². The fourth-order valence-corrected chi connectivity index (χ4v) is 3.70. The Kier molecular flexibility index (Phi) is 12.3. The molecule has 0 N–H and O–H groups in total. The van der Waals surface area contributed by atoms with Crippen molar-refractivity contribution >= 4 is 36.9 Å². The molecule has 2 nitrogen and oxygen atoms in total. The smallest absolute Gasteiger partial charge is 0.151 e.